The highest BCUT2D eigenvalue weighted by molar-refractivity contribution is 9.10. The summed E-state index contributed by atoms with van der Waals surface area (Å²) in [5.74, 6) is 0.254. The van der Waals surface area contributed by atoms with Gasteiger partial charge in [0.1, 0.15) is 0 Å². The summed E-state index contributed by atoms with van der Waals surface area (Å²) < 4.78 is 26.6. The van der Waals surface area contributed by atoms with Crippen LogP contribution >= 0.6 is 15.9 Å². The molecule has 0 aromatic heterocycles. The molecule has 0 radical (unpaired) electrons. The number of benzene rings is 1. The molecule has 106 valence electrons. The smallest absolute Gasteiger partial charge is 0.214 e. The van der Waals surface area contributed by atoms with E-state index in [9.17, 15) is 8.42 Å². The molecule has 0 spiro atoms. The second-order valence-corrected chi connectivity index (χ2v) is 7.69. The number of anilines is 1. The Morgan fingerprint density at radius 2 is 1.89 bits per heavy atom. The maximum atomic E-state index is 12.0. The second-order valence-electron chi connectivity index (χ2n) is 4.68. The summed E-state index contributed by atoms with van der Waals surface area (Å²) in [5, 5.41) is 0. The molecule has 19 heavy (non-hydrogen) atoms. The van der Waals surface area contributed by atoms with Gasteiger partial charge in [0.25, 0.3) is 0 Å². The van der Waals surface area contributed by atoms with Gasteiger partial charge in [-0.1, -0.05) is 28.9 Å². The first kappa shape index (κ1) is 14.8. The van der Waals surface area contributed by atoms with Gasteiger partial charge in [0, 0.05) is 36.3 Å². The third-order valence-electron chi connectivity index (χ3n) is 3.27. The molecule has 0 aliphatic carbocycles. The number of piperazine rings is 1. The van der Waals surface area contributed by atoms with Crippen molar-refractivity contribution >= 4 is 31.6 Å². The SMILES string of the molecule is CCCS(=O)(=O)N1CCN(c2cccc(Br)c2)CC1. The summed E-state index contributed by atoms with van der Waals surface area (Å²) in [4.78, 5) is 2.22. The molecular weight excluding hydrogens is 328 g/mol. The zero-order chi connectivity index (χ0) is 13.9. The van der Waals surface area contributed by atoms with E-state index in [4.69, 9.17) is 0 Å². The molecule has 1 heterocycles. The number of sulfonamides is 1. The van der Waals surface area contributed by atoms with Crippen LogP contribution in [0, 0.1) is 0 Å². The predicted octanol–water partition coefficient (Wildman–Crippen LogP) is 2.31. The van der Waals surface area contributed by atoms with E-state index in [1.807, 2.05) is 19.1 Å². The Morgan fingerprint density at radius 3 is 2.47 bits per heavy atom. The molecular formula is C13H19BrN2O2S. The fourth-order valence-corrected chi connectivity index (χ4v) is 4.17. The van der Waals surface area contributed by atoms with E-state index in [2.05, 4.69) is 33.0 Å². The van der Waals surface area contributed by atoms with Gasteiger partial charge >= 0.3 is 0 Å². The van der Waals surface area contributed by atoms with E-state index in [1.54, 1.807) is 4.31 Å². The van der Waals surface area contributed by atoms with Crippen molar-refractivity contribution in [2.75, 3.05) is 36.8 Å². The summed E-state index contributed by atoms with van der Waals surface area (Å²) in [6.07, 6.45) is 0.675. The highest BCUT2D eigenvalue weighted by Crippen LogP contribution is 2.21. The Labute approximate surface area is 123 Å². The van der Waals surface area contributed by atoms with Gasteiger partial charge in [-0.2, -0.15) is 4.31 Å². The van der Waals surface area contributed by atoms with Gasteiger partial charge in [-0.05, 0) is 24.6 Å². The minimum atomic E-state index is -3.05. The monoisotopic (exact) mass is 346 g/mol. The van der Waals surface area contributed by atoms with Crippen LogP contribution in [0.4, 0.5) is 5.69 Å². The highest BCUT2D eigenvalue weighted by atomic mass is 79.9. The van der Waals surface area contributed by atoms with Crippen LogP contribution in [-0.2, 0) is 10.0 Å². The lowest BCUT2D eigenvalue weighted by molar-refractivity contribution is 0.384. The number of rotatable bonds is 4. The van der Waals surface area contributed by atoms with Crippen molar-refractivity contribution in [3.63, 3.8) is 0 Å². The maximum Gasteiger partial charge on any atom is 0.214 e. The molecule has 1 aliphatic heterocycles. The minimum Gasteiger partial charge on any atom is -0.369 e. The van der Waals surface area contributed by atoms with Crippen LogP contribution in [0.15, 0.2) is 28.7 Å². The summed E-state index contributed by atoms with van der Waals surface area (Å²) in [6.45, 7) is 4.55. The van der Waals surface area contributed by atoms with Crippen molar-refractivity contribution in [3.8, 4) is 0 Å². The first-order chi connectivity index (χ1) is 9.03. The van der Waals surface area contributed by atoms with Crippen molar-refractivity contribution in [1.29, 1.82) is 0 Å². The Kier molecular flexibility index (Phi) is 4.86. The van der Waals surface area contributed by atoms with Crippen molar-refractivity contribution in [2.45, 2.75) is 13.3 Å². The van der Waals surface area contributed by atoms with Gasteiger partial charge < -0.3 is 4.90 Å². The average molecular weight is 347 g/mol. The molecule has 2 rings (SSSR count). The summed E-state index contributed by atoms with van der Waals surface area (Å²) >= 11 is 3.46. The number of hydrogen-bond donors (Lipinski definition) is 0. The normalized spacial score (nSPS) is 17.7. The molecule has 0 atom stereocenters. The van der Waals surface area contributed by atoms with Gasteiger partial charge in [-0.15, -0.1) is 0 Å². The highest BCUT2D eigenvalue weighted by Gasteiger charge is 2.26. The Balaban J connectivity index is 2.00. The zero-order valence-corrected chi connectivity index (χ0v) is 13.5. The van der Waals surface area contributed by atoms with Crippen LogP contribution in [0.25, 0.3) is 0 Å². The minimum absolute atomic E-state index is 0.254. The lowest BCUT2D eigenvalue weighted by Gasteiger charge is -2.35. The molecule has 0 saturated carbocycles. The van der Waals surface area contributed by atoms with E-state index in [0.29, 0.717) is 19.5 Å². The van der Waals surface area contributed by atoms with Crippen molar-refractivity contribution < 1.29 is 8.42 Å². The zero-order valence-electron chi connectivity index (χ0n) is 11.0. The Hall–Kier alpha value is -0.590. The molecule has 1 aromatic rings. The van der Waals surface area contributed by atoms with Crippen molar-refractivity contribution in [2.24, 2.45) is 0 Å². The summed E-state index contributed by atoms with van der Waals surface area (Å²) in [6, 6.07) is 8.11. The topological polar surface area (TPSA) is 40.6 Å². The number of hydrogen-bond acceptors (Lipinski definition) is 3. The molecule has 0 N–H and O–H groups in total. The van der Waals surface area contributed by atoms with E-state index >= 15 is 0 Å². The molecule has 1 fully saturated rings. The molecule has 1 aromatic carbocycles. The lowest BCUT2D eigenvalue weighted by atomic mass is 10.2. The molecule has 4 nitrogen and oxygen atoms in total. The van der Waals surface area contributed by atoms with E-state index < -0.39 is 10.0 Å². The number of halogens is 1. The van der Waals surface area contributed by atoms with Gasteiger partial charge in [-0.25, -0.2) is 8.42 Å². The number of nitrogens with zero attached hydrogens (tertiary/aromatic N) is 2. The average Bonchev–Trinajstić information content (AvgIpc) is 2.39. The lowest BCUT2D eigenvalue weighted by Crippen LogP contribution is -2.49. The largest absolute Gasteiger partial charge is 0.369 e. The third kappa shape index (κ3) is 3.70. The van der Waals surface area contributed by atoms with Crippen LogP contribution in [0.2, 0.25) is 0 Å². The van der Waals surface area contributed by atoms with Gasteiger partial charge in [-0.3, -0.25) is 0 Å². The van der Waals surface area contributed by atoms with E-state index in [1.165, 1.54) is 0 Å². The predicted molar refractivity (Wildman–Crippen MR) is 82.0 cm³/mol. The van der Waals surface area contributed by atoms with Crippen LogP contribution in [0.3, 0.4) is 0 Å². The van der Waals surface area contributed by atoms with Gasteiger partial charge in [0.2, 0.25) is 10.0 Å². The van der Waals surface area contributed by atoms with E-state index in [0.717, 1.165) is 23.2 Å². The van der Waals surface area contributed by atoms with Gasteiger partial charge in [0.05, 0.1) is 5.75 Å². The van der Waals surface area contributed by atoms with Crippen molar-refractivity contribution in [1.82, 2.24) is 4.31 Å². The molecule has 0 bridgehead atoms. The molecule has 0 amide bonds. The van der Waals surface area contributed by atoms with E-state index in [-0.39, 0.29) is 5.75 Å². The first-order valence-corrected chi connectivity index (χ1v) is 8.91. The fraction of sp³-hybridized carbons (Fsp3) is 0.538. The summed E-state index contributed by atoms with van der Waals surface area (Å²) in [5.41, 5.74) is 1.14. The van der Waals surface area contributed by atoms with Crippen LogP contribution in [0.1, 0.15) is 13.3 Å². The quantitative estimate of drug-likeness (QED) is 0.839. The fourth-order valence-electron chi connectivity index (χ4n) is 2.28. The van der Waals surface area contributed by atoms with Crippen molar-refractivity contribution in [3.05, 3.63) is 28.7 Å². The van der Waals surface area contributed by atoms with Gasteiger partial charge in [0.15, 0.2) is 0 Å². The first-order valence-electron chi connectivity index (χ1n) is 6.51. The van der Waals surface area contributed by atoms with Crippen LogP contribution in [0.5, 0.6) is 0 Å². The Bertz CT molecular complexity index is 525. The molecule has 6 heteroatoms. The molecule has 1 aliphatic rings. The standard InChI is InChI=1S/C13H19BrN2O2S/c1-2-10-19(17,18)16-8-6-15(7-9-16)13-5-3-4-12(14)11-13/h3-5,11H,2,6-10H2,1H3. The summed E-state index contributed by atoms with van der Waals surface area (Å²) in [7, 11) is -3.05. The maximum absolute atomic E-state index is 12.0. The Morgan fingerprint density at radius 1 is 1.21 bits per heavy atom. The van der Waals surface area contributed by atoms with Crippen LogP contribution in [-0.4, -0.2) is 44.7 Å². The molecule has 0 unspecified atom stereocenters. The second kappa shape index (κ2) is 6.24. The molecule has 1 saturated heterocycles. The van der Waals surface area contributed by atoms with Crippen LogP contribution < -0.4 is 4.90 Å². The third-order valence-corrected chi connectivity index (χ3v) is 5.84.